The van der Waals surface area contributed by atoms with E-state index in [9.17, 15) is 4.39 Å². The van der Waals surface area contributed by atoms with Gasteiger partial charge in [0.05, 0.1) is 38.6 Å². The van der Waals surface area contributed by atoms with E-state index in [4.69, 9.17) is 69.6 Å². The summed E-state index contributed by atoms with van der Waals surface area (Å²) < 4.78 is 10.5. The maximum absolute atomic E-state index is 10.5. The van der Waals surface area contributed by atoms with Crippen molar-refractivity contribution in [3.8, 4) is 0 Å². The molecule has 0 aromatic rings. The molecule has 0 unspecified atom stereocenters. The normalized spacial score (nSPS) is 44.0. The zero-order chi connectivity index (χ0) is 12.9. The molecule has 0 spiro atoms. The van der Waals surface area contributed by atoms with Crippen molar-refractivity contribution in [3.63, 3.8) is 0 Å². The third-order valence-corrected chi connectivity index (χ3v) is 5.98. The molecule has 0 N–H and O–H groups in total. The van der Waals surface area contributed by atoms with Crippen molar-refractivity contribution in [1.82, 2.24) is 0 Å². The maximum atomic E-state index is 10.5. The topological polar surface area (TPSA) is 0 Å². The van der Waals surface area contributed by atoms with Crippen LogP contribution >= 0.6 is 69.6 Å². The first-order chi connectivity index (χ1) is 7.38. The Morgan fingerprint density at radius 1 is 0.688 bits per heavy atom. The van der Waals surface area contributed by atoms with Gasteiger partial charge >= 0.3 is 0 Å². The fraction of sp³-hybridized carbons (Fsp3) is 0.778. The van der Waals surface area contributed by atoms with Crippen LogP contribution in [-0.4, -0.2) is 32.3 Å². The highest BCUT2D eigenvalue weighted by Crippen LogP contribution is 2.39. The number of hydrogen-bond donors (Lipinski definition) is 0. The molecule has 0 heterocycles. The molecule has 0 bridgehead atoms. The number of alkyl halides is 6. The molecule has 1 aliphatic carbocycles. The van der Waals surface area contributed by atoms with Gasteiger partial charge < -0.3 is 0 Å². The molecule has 0 radical (unpaired) electrons. The van der Waals surface area contributed by atoms with E-state index in [0.29, 0.717) is 6.33 Å². The molecule has 0 nitrogen and oxygen atoms in total. The molecule has 0 aliphatic heterocycles. The van der Waals surface area contributed by atoms with E-state index in [2.05, 4.69) is 0 Å². The molecule has 7 heteroatoms. The maximum Gasteiger partial charge on any atom is 0.0824 e. The van der Waals surface area contributed by atoms with Crippen molar-refractivity contribution in [2.75, 3.05) is 0 Å². The van der Waals surface area contributed by atoms with Gasteiger partial charge in [0.15, 0.2) is 0 Å². The monoisotopic (exact) mass is 348 g/mol. The van der Waals surface area contributed by atoms with Crippen molar-refractivity contribution in [2.24, 2.45) is 0 Å². The molecule has 0 aromatic heterocycles. The van der Waals surface area contributed by atoms with Gasteiger partial charge in [-0.2, -0.15) is 0 Å². The minimum Gasteiger partial charge on any atom is -0.216 e. The first-order valence-corrected chi connectivity index (χ1v) is 7.06. The second kappa shape index (κ2) is 8.50. The highest BCUT2D eigenvalue weighted by atomic mass is 35.5. The third-order valence-electron chi connectivity index (χ3n) is 1.95. The number of rotatable bonds is 0. The molecule has 0 aromatic carbocycles. The quantitative estimate of drug-likeness (QED) is 0.531. The van der Waals surface area contributed by atoms with E-state index in [-0.39, 0.29) is 0 Å². The SMILES string of the molecule is C/C=C/F.ClC1C(Cl)C(Cl)C(Cl)C(Cl)C1Cl. The molecule has 0 atom stereocenters. The van der Waals surface area contributed by atoms with Crippen LogP contribution in [0.15, 0.2) is 12.4 Å². The van der Waals surface area contributed by atoms with Gasteiger partial charge in [-0.15, -0.1) is 69.6 Å². The average Bonchev–Trinajstić information content (AvgIpc) is 2.31. The summed E-state index contributed by atoms with van der Waals surface area (Å²) in [5, 5.41) is -2.62. The lowest BCUT2D eigenvalue weighted by Crippen LogP contribution is -2.52. The van der Waals surface area contributed by atoms with Gasteiger partial charge in [0.1, 0.15) is 0 Å². The van der Waals surface area contributed by atoms with Crippen LogP contribution in [0.2, 0.25) is 0 Å². The Bertz CT molecular complexity index is 162. The Morgan fingerprint density at radius 2 is 0.812 bits per heavy atom. The fourth-order valence-corrected chi connectivity index (χ4v) is 3.38. The molecular formula is C9H11Cl6F. The lowest BCUT2D eigenvalue weighted by atomic mass is 9.97. The summed E-state index contributed by atoms with van der Waals surface area (Å²) in [6, 6.07) is 0. The third kappa shape index (κ3) is 4.59. The number of allylic oxidation sites excluding steroid dienone is 1. The van der Waals surface area contributed by atoms with Gasteiger partial charge in [-0.3, -0.25) is 0 Å². The predicted molar refractivity (Wildman–Crippen MR) is 73.8 cm³/mol. The molecule has 96 valence electrons. The molecule has 1 saturated carbocycles. The van der Waals surface area contributed by atoms with Crippen LogP contribution in [0.5, 0.6) is 0 Å². The van der Waals surface area contributed by atoms with Crippen LogP contribution in [0, 0.1) is 0 Å². The summed E-state index contributed by atoms with van der Waals surface area (Å²) in [7, 11) is 0. The van der Waals surface area contributed by atoms with Crippen LogP contribution < -0.4 is 0 Å². The van der Waals surface area contributed by atoms with E-state index in [0.717, 1.165) is 0 Å². The lowest BCUT2D eigenvalue weighted by Gasteiger charge is -2.37. The summed E-state index contributed by atoms with van der Waals surface area (Å²) in [6.07, 6.45) is 1.83. The molecular weight excluding hydrogens is 340 g/mol. The van der Waals surface area contributed by atoms with E-state index in [1.54, 1.807) is 6.92 Å². The summed E-state index contributed by atoms with van der Waals surface area (Å²) >= 11 is 35.3. The van der Waals surface area contributed by atoms with Crippen LogP contribution in [0.25, 0.3) is 0 Å². The van der Waals surface area contributed by atoms with Crippen molar-refractivity contribution in [2.45, 2.75) is 39.2 Å². The molecule has 0 saturated heterocycles. The van der Waals surface area contributed by atoms with Crippen LogP contribution in [0.4, 0.5) is 4.39 Å². The van der Waals surface area contributed by atoms with Gasteiger partial charge in [0, 0.05) is 0 Å². The second-order valence-electron chi connectivity index (χ2n) is 3.13. The van der Waals surface area contributed by atoms with Gasteiger partial charge in [0.2, 0.25) is 0 Å². The zero-order valence-corrected chi connectivity index (χ0v) is 12.8. The summed E-state index contributed by atoms with van der Waals surface area (Å²) in [6.45, 7) is 1.62. The Hall–Kier alpha value is 1.41. The molecule has 0 amide bonds. The lowest BCUT2D eigenvalue weighted by molar-refractivity contribution is 0.544. The van der Waals surface area contributed by atoms with Crippen molar-refractivity contribution >= 4 is 69.6 Å². The van der Waals surface area contributed by atoms with Crippen LogP contribution in [0.3, 0.4) is 0 Å². The highest BCUT2D eigenvalue weighted by Gasteiger charge is 2.46. The Labute approximate surface area is 125 Å². The largest absolute Gasteiger partial charge is 0.216 e. The smallest absolute Gasteiger partial charge is 0.0824 e. The van der Waals surface area contributed by atoms with Gasteiger partial charge in [-0.1, -0.05) is 6.08 Å². The molecule has 1 aliphatic rings. The molecule has 1 rings (SSSR count). The Kier molecular flexibility index (Phi) is 9.25. The zero-order valence-electron chi connectivity index (χ0n) is 8.26. The van der Waals surface area contributed by atoms with Gasteiger partial charge in [-0.25, -0.2) is 4.39 Å². The van der Waals surface area contributed by atoms with Crippen molar-refractivity contribution in [1.29, 1.82) is 0 Å². The molecule has 1 fully saturated rings. The first kappa shape index (κ1) is 17.4. The standard InChI is InChI=1S/C6H6Cl6.C3H5F/c7-1-2(8)4(10)6(12)5(11)3(1)9;1-2-3-4/h1-6H;2-3H,1H3/b;3-2+. The van der Waals surface area contributed by atoms with E-state index in [1.165, 1.54) is 6.08 Å². The minimum absolute atomic E-state index is 0.437. The highest BCUT2D eigenvalue weighted by molar-refractivity contribution is 6.45. The van der Waals surface area contributed by atoms with Crippen molar-refractivity contribution in [3.05, 3.63) is 12.4 Å². The van der Waals surface area contributed by atoms with E-state index >= 15 is 0 Å². The Morgan fingerprint density at radius 3 is 0.875 bits per heavy atom. The van der Waals surface area contributed by atoms with Gasteiger partial charge in [0.25, 0.3) is 0 Å². The predicted octanol–water partition coefficient (Wildman–Crippen LogP) is 5.13. The van der Waals surface area contributed by atoms with E-state index < -0.39 is 32.3 Å². The minimum atomic E-state index is -0.437. The Balaban J connectivity index is 0.000000487. The fourth-order valence-electron chi connectivity index (χ4n) is 1.05. The van der Waals surface area contributed by atoms with Gasteiger partial charge in [-0.05, 0) is 6.92 Å². The van der Waals surface area contributed by atoms with Crippen molar-refractivity contribution < 1.29 is 4.39 Å². The summed E-state index contributed by atoms with van der Waals surface area (Å²) in [4.78, 5) is 0. The molecule has 16 heavy (non-hydrogen) atoms. The summed E-state index contributed by atoms with van der Waals surface area (Å²) in [5.41, 5.74) is 0. The number of hydrogen-bond acceptors (Lipinski definition) is 0. The van der Waals surface area contributed by atoms with E-state index in [1.807, 2.05) is 0 Å². The second-order valence-corrected chi connectivity index (χ2v) is 6.15. The van der Waals surface area contributed by atoms with Crippen LogP contribution in [0.1, 0.15) is 6.92 Å². The first-order valence-electron chi connectivity index (χ1n) is 4.44. The summed E-state index contributed by atoms with van der Waals surface area (Å²) in [5.74, 6) is 0. The number of halogens is 7. The average molecular weight is 351 g/mol. The van der Waals surface area contributed by atoms with Crippen LogP contribution in [-0.2, 0) is 0 Å².